The summed E-state index contributed by atoms with van der Waals surface area (Å²) < 4.78 is 0. The summed E-state index contributed by atoms with van der Waals surface area (Å²) in [7, 11) is 0. The van der Waals surface area contributed by atoms with Gasteiger partial charge in [0.25, 0.3) is 0 Å². The van der Waals surface area contributed by atoms with Crippen molar-refractivity contribution in [1.29, 1.82) is 0 Å². The molecule has 31 heavy (non-hydrogen) atoms. The second kappa shape index (κ2) is 7.72. The van der Waals surface area contributed by atoms with Crippen molar-refractivity contribution >= 4 is 23.3 Å². The Labute approximate surface area is 179 Å². The van der Waals surface area contributed by atoms with Crippen LogP contribution in [0.5, 0.6) is 5.75 Å². The van der Waals surface area contributed by atoms with Gasteiger partial charge in [0, 0.05) is 23.9 Å². The molecule has 6 heteroatoms. The van der Waals surface area contributed by atoms with Gasteiger partial charge in [0.05, 0.1) is 16.7 Å². The van der Waals surface area contributed by atoms with Crippen LogP contribution in [-0.4, -0.2) is 16.2 Å². The van der Waals surface area contributed by atoms with E-state index in [2.05, 4.69) is 58.9 Å². The van der Waals surface area contributed by atoms with Gasteiger partial charge in [-0.05, 0) is 59.4 Å². The van der Waals surface area contributed by atoms with E-state index in [4.69, 9.17) is 0 Å². The summed E-state index contributed by atoms with van der Waals surface area (Å²) in [5, 5.41) is 24.3. The first-order valence-electron chi connectivity index (χ1n) is 10.2. The Morgan fingerprint density at radius 1 is 1.10 bits per heavy atom. The van der Waals surface area contributed by atoms with Crippen LogP contribution in [-0.2, 0) is 0 Å². The van der Waals surface area contributed by atoms with Crippen LogP contribution in [0.2, 0.25) is 0 Å². The number of nitro groups is 1. The van der Waals surface area contributed by atoms with E-state index in [1.807, 2.05) is 12.1 Å². The lowest BCUT2D eigenvalue weighted by molar-refractivity contribution is -0.385. The number of para-hydroxylation sites is 1. The Hall–Kier alpha value is -3.93. The summed E-state index contributed by atoms with van der Waals surface area (Å²) in [6.45, 7) is 0. The predicted molar refractivity (Wildman–Crippen MR) is 121 cm³/mol. The zero-order valence-electron chi connectivity index (χ0n) is 16.7. The maximum atomic E-state index is 11.0. The Morgan fingerprint density at radius 2 is 1.90 bits per heavy atom. The molecule has 0 saturated heterocycles. The number of hydrogen-bond acceptors (Lipinski definition) is 5. The standard InChI is InChI=1S/C25H21N3O3/c29-24-13-8-16(14-23(24)28(30)31)15-26-18-11-9-17(10-12-18)25-21-6-3-5-19(21)20-4-1-2-7-22(20)27-25/h1-5,7-15,19,21,25,27,29H,6H2/t19-,21-,25+/m1/s1. The third kappa shape index (κ3) is 3.57. The molecule has 1 aliphatic carbocycles. The van der Waals surface area contributed by atoms with E-state index in [1.54, 1.807) is 12.3 Å². The second-order valence-corrected chi connectivity index (χ2v) is 7.92. The van der Waals surface area contributed by atoms with Gasteiger partial charge in [-0.1, -0.05) is 42.5 Å². The maximum Gasteiger partial charge on any atom is 0.311 e. The highest BCUT2D eigenvalue weighted by Crippen LogP contribution is 2.49. The molecule has 3 aromatic rings. The van der Waals surface area contributed by atoms with Crippen LogP contribution in [0.3, 0.4) is 0 Å². The molecule has 0 unspecified atom stereocenters. The first-order valence-corrected chi connectivity index (χ1v) is 10.2. The molecule has 6 nitrogen and oxygen atoms in total. The minimum Gasteiger partial charge on any atom is -0.502 e. The van der Waals surface area contributed by atoms with Crippen molar-refractivity contribution in [1.82, 2.24) is 0 Å². The summed E-state index contributed by atoms with van der Waals surface area (Å²) in [4.78, 5) is 14.8. The third-order valence-corrected chi connectivity index (χ3v) is 6.08. The van der Waals surface area contributed by atoms with Crippen LogP contribution in [0.1, 0.15) is 35.1 Å². The third-order valence-electron chi connectivity index (χ3n) is 6.08. The molecule has 0 saturated carbocycles. The highest BCUT2D eigenvalue weighted by molar-refractivity contribution is 5.83. The fourth-order valence-electron chi connectivity index (χ4n) is 4.56. The number of benzene rings is 3. The summed E-state index contributed by atoms with van der Waals surface area (Å²) >= 11 is 0. The fourth-order valence-corrected chi connectivity index (χ4v) is 4.56. The molecule has 0 radical (unpaired) electrons. The number of aromatic hydroxyl groups is 1. The Bertz CT molecular complexity index is 1200. The average molecular weight is 411 g/mol. The normalized spacial score (nSPS) is 21.5. The number of nitrogens with one attached hydrogen (secondary N) is 1. The predicted octanol–water partition coefficient (Wildman–Crippen LogP) is 5.88. The van der Waals surface area contributed by atoms with Crippen molar-refractivity contribution in [2.24, 2.45) is 10.9 Å². The lowest BCUT2D eigenvalue weighted by Gasteiger charge is -2.37. The number of hydrogen-bond donors (Lipinski definition) is 2. The molecule has 0 spiro atoms. The number of nitro benzene ring substituents is 1. The number of phenols is 1. The van der Waals surface area contributed by atoms with Crippen molar-refractivity contribution in [3.05, 3.63) is 106 Å². The Morgan fingerprint density at radius 3 is 2.71 bits per heavy atom. The molecule has 0 aromatic heterocycles. The average Bonchev–Trinajstić information content (AvgIpc) is 3.28. The minimum atomic E-state index is -0.609. The fraction of sp³-hybridized carbons (Fsp3) is 0.160. The van der Waals surface area contributed by atoms with Crippen LogP contribution in [0.25, 0.3) is 0 Å². The van der Waals surface area contributed by atoms with Gasteiger partial charge in [-0.2, -0.15) is 0 Å². The molecule has 1 aliphatic heterocycles. The van der Waals surface area contributed by atoms with Gasteiger partial charge in [0.1, 0.15) is 0 Å². The van der Waals surface area contributed by atoms with Gasteiger partial charge >= 0.3 is 5.69 Å². The van der Waals surface area contributed by atoms with Crippen LogP contribution in [0, 0.1) is 16.0 Å². The largest absolute Gasteiger partial charge is 0.502 e. The van der Waals surface area contributed by atoms with E-state index in [9.17, 15) is 15.2 Å². The van der Waals surface area contributed by atoms with E-state index < -0.39 is 4.92 Å². The van der Waals surface area contributed by atoms with E-state index in [-0.39, 0.29) is 17.5 Å². The molecule has 5 rings (SSSR count). The number of fused-ring (bicyclic) bond motifs is 3. The summed E-state index contributed by atoms with van der Waals surface area (Å²) in [5.41, 5.74) is 4.75. The van der Waals surface area contributed by atoms with Crippen LogP contribution < -0.4 is 5.32 Å². The molecule has 0 fully saturated rings. The van der Waals surface area contributed by atoms with Crippen molar-refractivity contribution in [2.75, 3.05) is 5.32 Å². The highest BCUT2D eigenvalue weighted by atomic mass is 16.6. The molecular formula is C25H21N3O3. The maximum absolute atomic E-state index is 11.0. The number of nitrogens with zero attached hydrogens (tertiary/aromatic N) is 2. The van der Waals surface area contributed by atoms with Crippen LogP contribution in [0.15, 0.2) is 83.9 Å². The number of anilines is 1. The first-order chi connectivity index (χ1) is 15.1. The van der Waals surface area contributed by atoms with E-state index in [1.165, 1.54) is 28.9 Å². The zero-order valence-corrected chi connectivity index (χ0v) is 16.7. The van der Waals surface area contributed by atoms with E-state index in [0.29, 0.717) is 17.4 Å². The Balaban J connectivity index is 1.37. The lowest BCUT2D eigenvalue weighted by Crippen LogP contribution is -2.28. The van der Waals surface area contributed by atoms with Crippen LogP contribution >= 0.6 is 0 Å². The zero-order chi connectivity index (χ0) is 21.4. The lowest BCUT2D eigenvalue weighted by atomic mass is 9.77. The molecule has 2 N–H and O–H groups in total. The summed E-state index contributed by atoms with van der Waals surface area (Å²) in [5.74, 6) is 0.569. The van der Waals surface area contributed by atoms with E-state index in [0.717, 1.165) is 12.1 Å². The molecule has 0 bridgehead atoms. The van der Waals surface area contributed by atoms with Gasteiger partial charge in [0.15, 0.2) is 5.75 Å². The summed E-state index contributed by atoms with van der Waals surface area (Å²) in [6.07, 6.45) is 7.22. The smallest absolute Gasteiger partial charge is 0.311 e. The van der Waals surface area contributed by atoms with Crippen LogP contribution in [0.4, 0.5) is 17.1 Å². The molecule has 0 amide bonds. The number of allylic oxidation sites excluding steroid dienone is 2. The van der Waals surface area contributed by atoms with Crippen molar-refractivity contribution in [3.8, 4) is 5.75 Å². The molecular weight excluding hydrogens is 390 g/mol. The monoisotopic (exact) mass is 411 g/mol. The summed E-state index contributed by atoms with van der Waals surface area (Å²) in [6, 6.07) is 21.0. The van der Waals surface area contributed by atoms with Crippen molar-refractivity contribution < 1.29 is 10.0 Å². The first kappa shape index (κ1) is 19.1. The van der Waals surface area contributed by atoms with Gasteiger partial charge in [0.2, 0.25) is 0 Å². The number of aliphatic imine (C=N–C) groups is 1. The highest BCUT2D eigenvalue weighted by Gasteiger charge is 2.37. The molecule has 2 aliphatic rings. The Kier molecular flexibility index (Phi) is 4.75. The van der Waals surface area contributed by atoms with Gasteiger partial charge < -0.3 is 10.4 Å². The SMILES string of the molecule is O=[N+]([O-])c1cc(C=Nc2ccc([C@@H]3Nc4ccccc4[C@H]4C=CC[C@H]43)cc2)ccc1O. The topological polar surface area (TPSA) is 87.8 Å². The number of rotatable bonds is 4. The van der Waals surface area contributed by atoms with Crippen molar-refractivity contribution in [2.45, 2.75) is 18.4 Å². The molecule has 1 heterocycles. The minimum absolute atomic E-state index is 0.229. The van der Waals surface area contributed by atoms with E-state index >= 15 is 0 Å². The molecule has 154 valence electrons. The van der Waals surface area contributed by atoms with Gasteiger partial charge in [-0.3, -0.25) is 15.1 Å². The molecule has 3 aromatic carbocycles. The van der Waals surface area contributed by atoms with Crippen molar-refractivity contribution in [3.63, 3.8) is 0 Å². The van der Waals surface area contributed by atoms with Gasteiger partial charge in [-0.15, -0.1) is 0 Å². The number of phenolic OH excluding ortho intramolecular Hbond substituents is 1. The molecule has 3 atom stereocenters. The quantitative estimate of drug-likeness (QED) is 0.243. The van der Waals surface area contributed by atoms with Gasteiger partial charge in [-0.25, -0.2) is 0 Å². The second-order valence-electron chi connectivity index (χ2n) is 7.92.